The number of carbonyl (C=O) groups is 2. The van der Waals surface area contributed by atoms with Crippen molar-refractivity contribution in [2.45, 2.75) is 25.4 Å². The second-order valence-electron chi connectivity index (χ2n) is 7.05. The fourth-order valence-electron chi connectivity index (χ4n) is 3.19. The molecule has 0 unspecified atom stereocenters. The van der Waals surface area contributed by atoms with Crippen molar-refractivity contribution in [2.75, 3.05) is 20.1 Å². The van der Waals surface area contributed by atoms with Crippen LogP contribution in [0.3, 0.4) is 0 Å². The number of carboxylic acid groups (broad SMARTS) is 2. The zero-order chi connectivity index (χ0) is 21.2. The maximum atomic E-state index is 9.55. The fourth-order valence-corrected chi connectivity index (χ4v) is 3.19. The van der Waals surface area contributed by atoms with E-state index in [1.54, 1.807) is 0 Å². The largest absolute Gasteiger partial charge is 0.490 e. The van der Waals surface area contributed by atoms with Crippen molar-refractivity contribution < 1.29 is 24.5 Å². The highest BCUT2D eigenvalue weighted by Gasteiger charge is 2.30. The van der Waals surface area contributed by atoms with Crippen LogP contribution in [0.2, 0.25) is 0 Å². The summed E-state index contributed by atoms with van der Waals surface area (Å²) in [5, 5.41) is 15.6. The maximum absolute atomic E-state index is 9.55. The van der Waals surface area contributed by atoms with Crippen molar-refractivity contribution in [3.05, 3.63) is 77.9 Å². The Morgan fingerprint density at radius 3 is 2.14 bits per heavy atom. The molecule has 2 N–H and O–H groups in total. The Labute approximate surface area is 171 Å². The van der Waals surface area contributed by atoms with Crippen LogP contribution >= 0.6 is 0 Å². The number of nitrogens with zero attached hydrogens (tertiary/aromatic N) is 1. The highest BCUT2D eigenvalue weighted by Crippen LogP contribution is 2.30. The molecule has 0 aliphatic carbocycles. The fraction of sp³-hybridized carbons (Fsp3) is 0.304. The lowest BCUT2D eigenvalue weighted by Crippen LogP contribution is -2.42. The monoisotopic (exact) mass is 397 g/mol. The van der Waals surface area contributed by atoms with Gasteiger partial charge in [-0.1, -0.05) is 48.0 Å². The number of aryl methyl sites for hydroxylation is 1. The first kappa shape index (κ1) is 22.2. The molecule has 1 aliphatic rings. The van der Waals surface area contributed by atoms with Gasteiger partial charge in [0.2, 0.25) is 0 Å². The Morgan fingerprint density at radius 2 is 1.59 bits per heavy atom. The molecule has 1 fully saturated rings. The summed E-state index contributed by atoms with van der Waals surface area (Å²) in [4.78, 5) is 21.5. The Balaban J connectivity index is 0.000000321. The van der Waals surface area contributed by atoms with Crippen LogP contribution in [0.1, 0.15) is 23.5 Å². The molecular weight excluding hydrogens is 370 g/mol. The summed E-state index contributed by atoms with van der Waals surface area (Å²) in [5.41, 5.74) is 2.64. The summed E-state index contributed by atoms with van der Waals surface area (Å²) in [6.07, 6.45) is 2.44. The third kappa shape index (κ3) is 7.79. The summed E-state index contributed by atoms with van der Waals surface area (Å²) in [6.45, 7) is 4.26. The minimum absolute atomic E-state index is 0.256. The van der Waals surface area contributed by atoms with E-state index in [-0.39, 0.29) is 6.10 Å². The average Bonchev–Trinajstić information content (AvgIpc) is 2.70. The molecule has 6 nitrogen and oxygen atoms in total. The van der Waals surface area contributed by atoms with E-state index in [9.17, 15) is 9.59 Å². The first-order valence-electron chi connectivity index (χ1n) is 9.46. The zero-order valence-corrected chi connectivity index (χ0v) is 16.7. The zero-order valence-electron chi connectivity index (χ0n) is 16.7. The van der Waals surface area contributed by atoms with Gasteiger partial charge >= 0.3 is 11.9 Å². The molecule has 0 radical (unpaired) electrons. The van der Waals surface area contributed by atoms with Crippen molar-refractivity contribution in [3.63, 3.8) is 0 Å². The number of aliphatic carboxylic acids is 2. The van der Waals surface area contributed by atoms with E-state index in [0.717, 1.165) is 25.3 Å². The molecule has 0 spiro atoms. The minimum atomic E-state index is -1.26. The molecule has 29 heavy (non-hydrogen) atoms. The van der Waals surface area contributed by atoms with E-state index in [1.165, 1.54) is 11.1 Å². The summed E-state index contributed by atoms with van der Waals surface area (Å²) in [6, 6.07) is 19.1. The summed E-state index contributed by atoms with van der Waals surface area (Å²) in [7, 11) is 2.19. The van der Waals surface area contributed by atoms with Crippen LogP contribution < -0.4 is 4.74 Å². The Kier molecular flexibility index (Phi) is 8.43. The SMILES string of the molecule is Cc1ccc(O[C@H]2CCN(C)C[C@H]2c2ccccc2)cc1.O=C(O)C=CC(=O)O. The van der Waals surface area contributed by atoms with Crippen LogP contribution in [0, 0.1) is 6.92 Å². The van der Waals surface area contributed by atoms with E-state index in [2.05, 4.69) is 73.5 Å². The molecule has 154 valence electrons. The molecule has 3 rings (SSSR count). The highest BCUT2D eigenvalue weighted by molar-refractivity contribution is 5.89. The predicted octanol–water partition coefficient (Wildman–Crippen LogP) is 3.57. The van der Waals surface area contributed by atoms with Gasteiger partial charge in [0, 0.05) is 31.2 Å². The molecule has 1 saturated heterocycles. The normalized spacial score (nSPS) is 19.2. The summed E-state index contributed by atoms with van der Waals surface area (Å²) >= 11 is 0. The highest BCUT2D eigenvalue weighted by atomic mass is 16.5. The van der Waals surface area contributed by atoms with Gasteiger partial charge in [0.1, 0.15) is 11.9 Å². The lowest BCUT2D eigenvalue weighted by molar-refractivity contribution is -0.134. The Bertz CT molecular complexity index is 801. The first-order valence-corrected chi connectivity index (χ1v) is 9.46. The van der Waals surface area contributed by atoms with Crippen LogP contribution in [-0.4, -0.2) is 53.3 Å². The molecular formula is C23H27NO5. The Hall–Kier alpha value is -3.12. The van der Waals surface area contributed by atoms with E-state index in [0.29, 0.717) is 18.1 Å². The van der Waals surface area contributed by atoms with E-state index in [4.69, 9.17) is 14.9 Å². The number of likely N-dealkylation sites (tertiary alicyclic amines) is 1. The standard InChI is InChI=1S/C19H23NO.C4H4O4/c1-15-8-10-17(11-9-15)21-19-12-13-20(2)14-18(19)16-6-4-3-5-7-16;5-3(6)1-2-4(7)8/h3-11,18-19H,12-14H2,1-2H3;1-2H,(H,5,6)(H,7,8)/t18-,19-;/m0./s1. The van der Waals surface area contributed by atoms with Gasteiger partial charge in [0.05, 0.1) is 0 Å². The maximum Gasteiger partial charge on any atom is 0.328 e. The average molecular weight is 397 g/mol. The van der Waals surface area contributed by atoms with Crippen molar-refractivity contribution in [1.29, 1.82) is 0 Å². The molecule has 0 amide bonds. The molecule has 0 saturated carbocycles. The van der Waals surface area contributed by atoms with Gasteiger partial charge in [-0.15, -0.1) is 0 Å². The molecule has 2 aromatic rings. The van der Waals surface area contributed by atoms with E-state index in [1.807, 2.05) is 0 Å². The van der Waals surface area contributed by atoms with Crippen molar-refractivity contribution in [3.8, 4) is 5.75 Å². The molecule has 0 aromatic heterocycles. The van der Waals surface area contributed by atoms with Crippen LogP contribution in [-0.2, 0) is 9.59 Å². The smallest absolute Gasteiger partial charge is 0.328 e. The molecule has 2 atom stereocenters. The van der Waals surface area contributed by atoms with Gasteiger partial charge in [0.25, 0.3) is 0 Å². The van der Waals surface area contributed by atoms with Gasteiger partial charge in [0.15, 0.2) is 0 Å². The van der Waals surface area contributed by atoms with Gasteiger partial charge in [-0.25, -0.2) is 9.59 Å². The number of carboxylic acids is 2. The second kappa shape index (κ2) is 11.0. The second-order valence-corrected chi connectivity index (χ2v) is 7.05. The van der Waals surface area contributed by atoms with Gasteiger partial charge in [-0.2, -0.15) is 0 Å². The predicted molar refractivity (Wildman–Crippen MR) is 111 cm³/mol. The van der Waals surface area contributed by atoms with E-state index >= 15 is 0 Å². The molecule has 1 heterocycles. The lowest BCUT2D eigenvalue weighted by atomic mass is 9.88. The van der Waals surface area contributed by atoms with Gasteiger partial charge in [-0.3, -0.25) is 0 Å². The van der Waals surface area contributed by atoms with Gasteiger partial charge in [-0.05, 0) is 38.1 Å². The van der Waals surface area contributed by atoms with Crippen LogP contribution in [0.5, 0.6) is 5.75 Å². The summed E-state index contributed by atoms with van der Waals surface area (Å²) in [5.74, 6) is -1.10. The number of piperidine rings is 1. The quantitative estimate of drug-likeness (QED) is 0.750. The number of benzene rings is 2. The Morgan fingerprint density at radius 1 is 1.00 bits per heavy atom. The minimum Gasteiger partial charge on any atom is -0.490 e. The van der Waals surface area contributed by atoms with Crippen molar-refractivity contribution >= 4 is 11.9 Å². The van der Waals surface area contributed by atoms with Gasteiger partial charge < -0.3 is 19.8 Å². The molecule has 2 aromatic carbocycles. The molecule has 1 aliphatic heterocycles. The third-order valence-corrected chi connectivity index (χ3v) is 4.66. The number of likely N-dealkylation sites (N-methyl/N-ethyl adjacent to an activating group) is 1. The third-order valence-electron chi connectivity index (χ3n) is 4.66. The number of rotatable bonds is 5. The van der Waals surface area contributed by atoms with E-state index < -0.39 is 11.9 Å². The van der Waals surface area contributed by atoms with Crippen LogP contribution in [0.15, 0.2) is 66.7 Å². The lowest BCUT2D eigenvalue weighted by Gasteiger charge is -2.37. The topological polar surface area (TPSA) is 87.1 Å². The van der Waals surface area contributed by atoms with Crippen molar-refractivity contribution in [1.82, 2.24) is 4.90 Å². The first-order chi connectivity index (χ1) is 13.8. The number of hydrogen-bond donors (Lipinski definition) is 2. The van der Waals surface area contributed by atoms with Crippen molar-refractivity contribution in [2.24, 2.45) is 0 Å². The molecule has 6 heteroatoms. The van der Waals surface area contributed by atoms with Crippen LogP contribution in [0.25, 0.3) is 0 Å². The number of hydrogen-bond acceptors (Lipinski definition) is 4. The summed E-state index contributed by atoms with van der Waals surface area (Å²) < 4.78 is 6.30. The van der Waals surface area contributed by atoms with Crippen LogP contribution in [0.4, 0.5) is 0 Å². The molecule has 0 bridgehead atoms. The number of ether oxygens (including phenoxy) is 1.